The number of carboxylic acid groups (broad SMARTS) is 1. The highest BCUT2D eigenvalue weighted by molar-refractivity contribution is 5.87. The Hall–Kier alpha value is -2.80. The molecule has 0 heterocycles. The van der Waals surface area contributed by atoms with Crippen LogP contribution in [-0.2, 0) is 16.0 Å². The third-order valence-electron chi connectivity index (χ3n) is 3.13. The molecule has 0 aliphatic heterocycles. The van der Waals surface area contributed by atoms with Crippen LogP contribution in [0.5, 0.6) is 0 Å². The lowest BCUT2D eigenvalue weighted by Crippen LogP contribution is -2.41. The van der Waals surface area contributed by atoms with E-state index in [4.69, 9.17) is 11.5 Å². The monoisotopic (exact) mass is 281 g/mol. The minimum absolute atomic E-state index is 0.0290. The van der Waals surface area contributed by atoms with Crippen LogP contribution in [0.25, 0.3) is 10.8 Å². The number of fused-ring (bicyclic) bond motifs is 1. The maximum absolute atomic E-state index is 11.9. The first-order valence-electron chi connectivity index (χ1n) is 6.53. The topological polar surface area (TPSA) is 66.4 Å². The molecular weight excluding hydrogens is 266 g/mol. The second kappa shape index (κ2) is 6.58. The van der Waals surface area contributed by atoms with Gasteiger partial charge in [-0.1, -0.05) is 42.5 Å². The lowest BCUT2D eigenvalue weighted by atomic mass is 10.0. The Morgan fingerprint density at radius 2 is 1.90 bits per heavy atom. The average Bonchev–Trinajstić information content (AvgIpc) is 2.46. The molecule has 0 unspecified atom stereocenters. The van der Waals surface area contributed by atoms with Crippen LogP contribution >= 0.6 is 0 Å². The molecule has 0 spiro atoms. The molecule has 0 fully saturated rings. The molecule has 0 saturated carbocycles. The molecule has 2 aromatic carbocycles. The van der Waals surface area contributed by atoms with Gasteiger partial charge in [0.05, 0.1) is 6.42 Å². The Kier molecular flexibility index (Phi) is 4.57. The van der Waals surface area contributed by atoms with Crippen LogP contribution in [0.3, 0.4) is 0 Å². The van der Waals surface area contributed by atoms with Gasteiger partial charge in [-0.25, -0.2) is 4.79 Å². The van der Waals surface area contributed by atoms with Gasteiger partial charge in [-0.15, -0.1) is 12.3 Å². The van der Waals surface area contributed by atoms with Crippen molar-refractivity contribution in [2.45, 2.75) is 18.9 Å². The summed E-state index contributed by atoms with van der Waals surface area (Å²) in [4.78, 5) is 22.8. The van der Waals surface area contributed by atoms with Gasteiger partial charge in [-0.3, -0.25) is 4.79 Å². The van der Waals surface area contributed by atoms with Crippen molar-refractivity contribution in [3.05, 3.63) is 48.0 Å². The van der Waals surface area contributed by atoms with E-state index in [-0.39, 0.29) is 18.7 Å². The first-order valence-corrected chi connectivity index (χ1v) is 6.53. The molecular formula is C17H15NO3. The van der Waals surface area contributed by atoms with Gasteiger partial charge >= 0.3 is 5.97 Å². The summed E-state index contributed by atoms with van der Waals surface area (Å²) in [5.74, 6) is 0.768. The van der Waals surface area contributed by atoms with Gasteiger partial charge in [0.25, 0.3) is 0 Å². The second-order valence-electron chi connectivity index (χ2n) is 4.72. The van der Waals surface area contributed by atoms with Gasteiger partial charge in [0.15, 0.2) is 0 Å². The number of nitrogens with one attached hydrogen (secondary N) is 1. The van der Waals surface area contributed by atoms with Crippen molar-refractivity contribution in [2.24, 2.45) is 0 Å². The van der Waals surface area contributed by atoms with Crippen molar-refractivity contribution in [2.75, 3.05) is 0 Å². The number of benzene rings is 2. The molecule has 2 N–H and O–H groups in total. The molecule has 0 bridgehead atoms. The summed E-state index contributed by atoms with van der Waals surface area (Å²) in [5.41, 5.74) is 0.830. The summed E-state index contributed by atoms with van der Waals surface area (Å²) in [6.07, 6.45) is 5.19. The quantitative estimate of drug-likeness (QED) is 0.823. The van der Waals surface area contributed by atoms with Crippen molar-refractivity contribution in [3.8, 4) is 12.3 Å². The van der Waals surface area contributed by atoms with Gasteiger partial charge in [0, 0.05) is 6.42 Å². The molecule has 1 amide bonds. The lowest BCUT2D eigenvalue weighted by Gasteiger charge is -2.12. The summed E-state index contributed by atoms with van der Waals surface area (Å²) in [6.45, 7) is 0. The zero-order valence-corrected chi connectivity index (χ0v) is 11.4. The molecule has 4 heteroatoms. The second-order valence-corrected chi connectivity index (χ2v) is 4.72. The van der Waals surface area contributed by atoms with Crippen LogP contribution in [0.15, 0.2) is 42.5 Å². The van der Waals surface area contributed by atoms with E-state index in [9.17, 15) is 9.59 Å². The maximum Gasteiger partial charge on any atom is 0.327 e. The Morgan fingerprint density at radius 3 is 2.57 bits per heavy atom. The zero-order valence-electron chi connectivity index (χ0n) is 11.4. The highest BCUT2D eigenvalue weighted by Gasteiger charge is 2.18. The SMILES string of the molecule is C#CC[C@@H](NC(=O)Cc1ccc2ccccc2c1)C(=O)O. The number of carboxylic acids is 1. The van der Waals surface area contributed by atoms with E-state index < -0.39 is 12.0 Å². The summed E-state index contributed by atoms with van der Waals surface area (Å²) in [7, 11) is 0. The minimum atomic E-state index is -1.13. The predicted octanol–water partition coefficient (Wildman–Crippen LogP) is 1.97. The number of carbonyl (C=O) groups excluding carboxylic acids is 1. The third kappa shape index (κ3) is 3.83. The van der Waals surface area contributed by atoms with Crippen LogP contribution in [0.1, 0.15) is 12.0 Å². The van der Waals surface area contributed by atoms with E-state index in [2.05, 4.69) is 11.2 Å². The summed E-state index contributed by atoms with van der Waals surface area (Å²) in [5, 5.41) is 13.5. The Morgan fingerprint density at radius 1 is 1.19 bits per heavy atom. The fourth-order valence-electron chi connectivity index (χ4n) is 2.10. The Bertz CT molecular complexity index is 715. The lowest BCUT2D eigenvalue weighted by molar-refractivity contribution is -0.141. The van der Waals surface area contributed by atoms with Gasteiger partial charge < -0.3 is 10.4 Å². The summed E-state index contributed by atoms with van der Waals surface area (Å²) < 4.78 is 0. The number of amides is 1. The average molecular weight is 281 g/mol. The van der Waals surface area contributed by atoms with Crippen LogP contribution in [0.2, 0.25) is 0 Å². The van der Waals surface area contributed by atoms with Crippen molar-refractivity contribution in [1.29, 1.82) is 0 Å². The molecule has 106 valence electrons. The minimum Gasteiger partial charge on any atom is -0.480 e. The molecule has 1 atom stereocenters. The molecule has 0 aromatic heterocycles. The standard InChI is InChI=1S/C17H15NO3/c1-2-5-15(17(20)21)18-16(19)11-12-8-9-13-6-3-4-7-14(13)10-12/h1,3-4,6-10,15H,5,11H2,(H,18,19)(H,20,21)/t15-/m1/s1. The molecule has 2 aromatic rings. The summed E-state index contributed by atoms with van der Waals surface area (Å²) >= 11 is 0. The largest absolute Gasteiger partial charge is 0.480 e. The summed E-state index contributed by atoms with van der Waals surface area (Å²) in [6, 6.07) is 12.5. The normalized spacial score (nSPS) is 11.6. The molecule has 21 heavy (non-hydrogen) atoms. The molecule has 2 rings (SSSR count). The van der Waals surface area contributed by atoms with E-state index in [1.807, 2.05) is 42.5 Å². The van der Waals surface area contributed by atoms with Crippen LogP contribution in [-0.4, -0.2) is 23.0 Å². The Labute approximate surface area is 122 Å². The van der Waals surface area contributed by atoms with E-state index >= 15 is 0 Å². The van der Waals surface area contributed by atoms with Gasteiger partial charge in [0.1, 0.15) is 6.04 Å². The van der Waals surface area contributed by atoms with Gasteiger partial charge in [0.2, 0.25) is 5.91 Å². The van der Waals surface area contributed by atoms with Gasteiger partial charge in [-0.05, 0) is 16.3 Å². The number of carbonyl (C=O) groups is 2. The highest BCUT2D eigenvalue weighted by atomic mass is 16.4. The van der Waals surface area contributed by atoms with E-state index in [1.165, 1.54) is 0 Å². The van der Waals surface area contributed by atoms with E-state index in [0.29, 0.717) is 0 Å². The van der Waals surface area contributed by atoms with Crippen molar-refractivity contribution in [1.82, 2.24) is 5.32 Å². The zero-order chi connectivity index (χ0) is 15.2. The fourth-order valence-corrected chi connectivity index (χ4v) is 2.10. The van der Waals surface area contributed by atoms with E-state index in [1.54, 1.807) is 0 Å². The smallest absolute Gasteiger partial charge is 0.327 e. The number of hydrogen-bond donors (Lipinski definition) is 2. The van der Waals surface area contributed by atoms with Crippen LogP contribution in [0.4, 0.5) is 0 Å². The molecule has 0 aliphatic carbocycles. The highest BCUT2D eigenvalue weighted by Crippen LogP contribution is 2.15. The molecule has 4 nitrogen and oxygen atoms in total. The molecule has 0 saturated heterocycles. The number of rotatable bonds is 5. The molecule has 0 aliphatic rings. The van der Waals surface area contributed by atoms with Crippen molar-refractivity contribution >= 4 is 22.6 Å². The molecule has 0 radical (unpaired) electrons. The number of aliphatic carboxylic acids is 1. The Balaban J connectivity index is 2.07. The first kappa shape index (κ1) is 14.6. The van der Waals surface area contributed by atoms with Crippen molar-refractivity contribution < 1.29 is 14.7 Å². The number of hydrogen-bond acceptors (Lipinski definition) is 2. The van der Waals surface area contributed by atoms with E-state index in [0.717, 1.165) is 16.3 Å². The predicted molar refractivity (Wildman–Crippen MR) is 80.7 cm³/mol. The first-order chi connectivity index (χ1) is 10.1. The van der Waals surface area contributed by atoms with Crippen molar-refractivity contribution in [3.63, 3.8) is 0 Å². The fraction of sp³-hybridized carbons (Fsp3) is 0.176. The number of terminal acetylenes is 1. The third-order valence-corrected chi connectivity index (χ3v) is 3.13. The van der Waals surface area contributed by atoms with Gasteiger partial charge in [-0.2, -0.15) is 0 Å². The maximum atomic E-state index is 11.9. The van der Waals surface area contributed by atoms with Crippen LogP contribution < -0.4 is 5.32 Å². The van der Waals surface area contributed by atoms with Crippen LogP contribution in [0, 0.1) is 12.3 Å².